The number of aromatic nitrogens is 2. The van der Waals surface area contributed by atoms with Crippen LogP contribution in [0.25, 0.3) is 11.0 Å². The Morgan fingerprint density at radius 2 is 2.04 bits per heavy atom. The molecule has 2 N–H and O–H groups in total. The minimum absolute atomic E-state index is 0.336. The number of amides is 3. The molecule has 0 bridgehead atoms. The lowest BCUT2D eigenvalue weighted by Crippen LogP contribution is -2.36. The van der Waals surface area contributed by atoms with E-state index >= 15 is 0 Å². The van der Waals surface area contributed by atoms with Crippen molar-refractivity contribution >= 4 is 68.7 Å². The largest absolute Gasteiger partial charge is 0.345 e. The second kappa shape index (κ2) is 7.42. The number of H-pyrrole nitrogens is 1. The van der Waals surface area contributed by atoms with Crippen LogP contribution in [0.2, 0.25) is 0 Å². The Morgan fingerprint density at radius 3 is 2.79 bits per heavy atom. The zero-order chi connectivity index (χ0) is 19.9. The van der Waals surface area contributed by atoms with Gasteiger partial charge >= 0.3 is 0 Å². The van der Waals surface area contributed by atoms with Gasteiger partial charge in [-0.2, -0.15) is 0 Å². The van der Waals surface area contributed by atoms with Crippen molar-refractivity contribution in [1.82, 2.24) is 14.9 Å². The number of nitrogens with zero attached hydrogens (tertiary/aromatic N) is 2. The normalized spacial score (nSPS) is 19.6. The van der Waals surface area contributed by atoms with Gasteiger partial charge in [-0.15, -0.1) is 23.2 Å². The second-order valence-corrected chi connectivity index (χ2v) is 9.33. The number of hydrogen-bond donors (Lipinski definition) is 2. The van der Waals surface area contributed by atoms with E-state index in [1.807, 2.05) is 0 Å². The molecule has 2 aromatic rings. The van der Waals surface area contributed by atoms with E-state index in [1.165, 1.54) is 0 Å². The van der Waals surface area contributed by atoms with Crippen molar-refractivity contribution in [1.29, 1.82) is 0 Å². The number of halogens is 2. The smallest absolute Gasteiger partial charge is 0.294 e. The third-order valence-corrected chi connectivity index (χ3v) is 6.58. The fourth-order valence-electron chi connectivity index (χ4n) is 3.25. The summed E-state index contributed by atoms with van der Waals surface area (Å²) in [5.41, 5.74) is 2.99. The summed E-state index contributed by atoms with van der Waals surface area (Å²) in [6.07, 6.45) is 3.77. The first-order chi connectivity index (χ1) is 13.3. The summed E-state index contributed by atoms with van der Waals surface area (Å²) in [6, 6.07) is 5.22. The molecule has 2 aliphatic rings. The Kier molecular flexibility index (Phi) is 5.11. The van der Waals surface area contributed by atoms with Crippen LogP contribution in [-0.4, -0.2) is 42.8 Å². The van der Waals surface area contributed by atoms with E-state index in [-0.39, 0.29) is 6.54 Å². The summed E-state index contributed by atoms with van der Waals surface area (Å²) in [4.78, 5) is 45.8. The zero-order valence-electron chi connectivity index (χ0n) is 14.6. The molecule has 4 rings (SSSR count). The van der Waals surface area contributed by atoms with Crippen molar-refractivity contribution in [3.05, 3.63) is 35.0 Å². The van der Waals surface area contributed by atoms with Crippen LogP contribution in [0.4, 0.5) is 10.5 Å². The first-order valence-electron chi connectivity index (χ1n) is 8.69. The topological polar surface area (TPSA) is 95.2 Å². The molecule has 7 nitrogen and oxygen atoms in total. The van der Waals surface area contributed by atoms with E-state index in [0.29, 0.717) is 36.3 Å². The highest BCUT2D eigenvalue weighted by Crippen LogP contribution is 2.44. The van der Waals surface area contributed by atoms with Gasteiger partial charge in [-0.3, -0.25) is 19.3 Å². The van der Waals surface area contributed by atoms with Gasteiger partial charge in [0.05, 0.1) is 22.3 Å². The number of aromatic amines is 1. The summed E-state index contributed by atoms with van der Waals surface area (Å²) < 4.78 is -0.782. The van der Waals surface area contributed by atoms with Gasteiger partial charge in [-0.05, 0) is 55.6 Å². The summed E-state index contributed by atoms with van der Waals surface area (Å²) in [7, 11) is 0. The van der Waals surface area contributed by atoms with Gasteiger partial charge < -0.3 is 10.3 Å². The Morgan fingerprint density at radius 1 is 1.29 bits per heavy atom. The Labute approximate surface area is 174 Å². The number of nitrogens with one attached hydrogen (secondary N) is 2. The van der Waals surface area contributed by atoms with E-state index < -0.39 is 21.4 Å². The van der Waals surface area contributed by atoms with Crippen molar-refractivity contribution in [3.8, 4) is 0 Å². The van der Waals surface area contributed by atoms with Crippen molar-refractivity contribution in [2.45, 2.75) is 30.0 Å². The van der Waals surface area contributed by atoms with Crippen molar-refractivity contribution in [3.63, 3.8) is 0 Å². The van der Waals surface area contributed by atoms with Gasteiger partial charge in [0.15, 0.2) is 0 Å². The minimum Gasteiger partial charge on any atom is -0.345 e. The van der Waals surface area contributed by atoms with Gasteiger partial charge in [0.1, 0.15) is 10.9 Å². The number of thioether (sulfide) groups is 1. The van der Waals surface area contributed by atoms with Gasteiger partial charge in [0, 0.05) is 5.69 Å². The third kappa shape index (κ3) is 3.90. The number of imidazole rings is 1. The monoisotopic (exact) mass is 438 g/mol. The highest BCUT2D eigenvalue weighted by Gasteiger charge is 2.40. The van der Waals surface area contributed by atoms with Crippen molar-refractivity contribution in [2.75, 3.05) is 11.9 Å². The van der Waals surface area contributed by atoms with Crippen LogP contribution in [-0.2, 0) is 9.59 Å². The zero-order valence-corrected chi connectivity index (χ0v) is 17.0. The lowest BCUT2D eigenvalue weighted by atomic mass is 9.93. The molecular formula is C18H16Cl2N4O3S. The lowest BCUT2D eigenvalue weighted by molar-refractivity contribution is -0.127. The molecule has 0 atom stereocenters. The van der Waals surface area contributed by atoms with Crippen LogP contribution >= 0.6 is 35.0 Å². The predicted molar refractivity (Wildman–Crippen MR) is 109 cm³/mol. The van der Waals surface area contributed by atoms with Gasteiger partial charge in [0.2, 0.25) is 5.91 Å². The highest BCUT2D eigenvalue weighted by atomic mass is 35.5. The Bertz CT molecular complexity index is 1010. The number of fused-ring (bicyclic) bond motifs is 1. The van der Waals surface area contributed by atoms with E-state index in [2.05, 4.69) is 15.3 Å². The molecule has 0 radical (unpaired) electrons. The number of carbonyl (C=O) groups is 3. The molecule has 10 heteroatoms. The predicted octanol–water partition coefficient (Wildman–Crippen LogP) is 4.20. The first-order valence-corrected chi connectivity index (χ1v) is 10.3. The fraction of sp³-hybridized carbons (Fsp3) is 0.333. The number of imide groups is 1. The Hall–Kier alpha value is -2.03. The van der Waals surface area contributed by atoms with Crippen LogP contribution in [0.1, 0.15) is 25.7 Å². The fourth-order valence-corrected chi connectivity index (χ4v) is 4.61. The molecule has 1 saturated heterocycles. The maximum Gasteiger partial charge on any atom is 0.294 e. The number of alkyl halides is 2. The molecule has 2 heterocycles. The van der Waals surface area contributed by atoms with Crippen molar-refractivity contribution in [2.24, 2.45) is 0 Å². The number of allylic oxidation sites excluding steroid dienone is 1. The molecule has 1 aromatic heterocycles. The third-order valence-electron chi connectivity index (χ3n) is 4.76. The number of anilines is 1. The molecule has 0 spiro atoms. The average molecular weight is 439 g/mol. The summed E-state index contributed by atoms with van der Waals surface area (Å²) in [5.74, 6) is -0.877. The average Bonchev–Trinajstić information content (AvgIpc) is 3.21. The standard InChI is InChI=1S/C18H16Cl2N4O3S/c19-18(20)5-3-10(4-6-18)15-16(26)24(17(27)28-15)8-14(25)23-11-1-2-12-13(7-11)22-9-21-12/h1-2,7,9H,3-6,8H2,(H,21,22)(H,23,25). The van der Waals surface area contributed by atoms with E-state index in [0.717, 1.165) is 33.3 Å². The summed E-state index contributed by atoms with van der Waals surface area (Å²) in [6.45, 7) is -0.336. The number of carbonyl (C=O) groups excluding carboxylic acids is 3. The van der Waals surface area contributed by atoms with Crippen LogP contribution in [0.15, 0.2) is 35.0 Å². The highest BCUT2D eigenvalue weighted by molar-refractivity contribution is 8.18. The molecule has 2 fully saturated rings. The second-order valence-electron chi connectivity index (χ2n) is 6.73. The van der Waals surface area contributed by atoms with E-state index in [9.17, 15) is 14.4 Å². The van der Waals surface area contributed by atoms with E-state index in [4.69, 9.17) is 23.2 Å². The Balaban J connectivity index is 1.43. The lowest BCUT2D eigenvalue weighted by Gasteiger charge is -2.26. The molecule has 28 heavy (non-hydrogen) atoms. The number of hydrogen-bond acceptors (Lipinski definition) is 5. The van der Waals surface area contributed by atoms with Crippen LogP contribution in [0, 0.1) is 0 Å². The SMILES string of the molecule is O=C(CN1C(=O)SC(=C2CCC(Cl)(Cl)CC2)C1=O)Nc1ccc2nc[nH]c2c1. The molecular weight excluding hydrogens is 423 g/mol. The van der Waals surface area contributed by atoms with Gasteiger partial charge in [-0.25, -0.2) is 4.98 Å². The number of benzene rings is 1. The molecule has 1 aliphatic carbocycles. The van der Waals surface area contributed by atoms with Crippen molar-refractivity contribution < 1.29 is 14.4 Å². The molecule has 146 valence electrons. The van der Waals surface area contributed by atoms with Crippen LogP contribution in [0.5, 0.6) is 0 Å². The molecule has 1 aromatic carbocycles. The summed E-state index contributed by atoms with van der Waals surface area (Å²) >= 11 is 13.1. The van der Waals surface area contributed by atoms with Gasteiger partial charge in [0.25, 0.3) is 11.1 Å². The van der Waals surface area contributed by atoms with Crippen LogP contribution in [0.3, 0.4) is 0 Å². The first kappa shape index (κ1) is 19.3. The number of rotatable bonds is 3. The minimum atomic E-state index is -0.782. The maximum atomic E-state index is 12.7. The van der Waals surface area contributed by atoms with Gasteiger partial charge in [-0.1, -0.05) is 5.57 Å². The molecule has 3 amide bonds. The molecule has 0 unspecified atom stereocenters. The quantitative estimate of drug-likeness (QED) is 0.552. The molecule has 1 aliphatic heterocycles. The van der Waals surface area contributed by atoms with Crippen LogP contribution < -0.4 is 5.32 Å². The molecule has 1 saturated carbocycles. The summed E-state index contributed by atoms with van der Waals surface area (Å²) in [5, 5.41) is 2.26. The maximum absolute atomic E-state index is 12.7. The van der Waals surface area contributed by atoms with E-state index in [1.54, 1.807) is 24.5 Å².